The van der Waals surface area contributed by atoms with Crippen LogP contribution in [-0.4, -0.2) is 17.6 Å². The molecule has 1 saturated carbocycles. The van der Waals surface area contributed by atoms with Gasteiger partial charge < -0.3 is 5.32 Å². The number of hydrogen-bond donors (Lipinski definition) is 1. The Kier molecular flexibility index (Phi) is 5.19. The molecule has 0 saturated heterocycles. The van der Waals surface area contributed by atoms with Crippen molar-refractivity contribution < 1.29 is 0 Å². The van der Waals surface area contributed by atoms with Crippen LogP contribution in [0.25, 0.3) is 0 Å². The Labute approximate surface area is 115 Å². The zero-order chi connectivity index (χ0) is 13.0. The van der Waals surface area contributed by atoms with E-state index >= 15 is 0 Å². The maximum atomic E-state index is 4.64. The van der Waals surface area contributed by atoms with Gasteiger partial charge in [0.25, 0.3) is 0 Å². The van der Waals surface area contributed by atoms with Gasteiger partial charge in [-0.25, -0.2) is 4.98 Å². The standard InChI is InChI=1S/C15H26N2S/c1-11(2)16-9-14(13-6-4-5-7-13)8-15-17-12(3)10-18-15/h10-11,13-14,16H,4-9H2,1-3H3. The summed E-state index contributed by atoms with van der Waals surface area (Å²) in [5.74, 6) is 1.70. The molecule has 0 amide bonds. The van der Waals surface area contributed by atoms with Crippen molar-refractivity contribution in [3.63, 3.8) is 0 Å². The minimum absolute atomic E-state index is 0.590. The molecule has 1 atom stereocenters. The van der Waals surface area contributed by atoms with Crippen molar-refractivity contribution in [3.8, 4) is 0 Å². The molecule has 2 nitrogen and oxygen atoms in total. The quantitative estimate of drug-likeness (QED) is 0.847. The first-order valence-electron chi connectivity index (χ1n) is 7.29. The van der Waals surface area contributed by atoms with E-state index in [-0.39, 0.29) is 0 Å². The minimum atomic E-state index is 0.590. The number of aryl methyl sites for hydroxylation is 1. The van der Waals surface area contributed by atoms with Gasteiger partial charge in [-0.15, -0.1) is 11.3 Å². The molecule has 1 aromatic rings. The summed E-state index contributed by atoms with van der Waals surface area (Å²) >= 11 is 1.83. The molecule has 1 aromatic heterocycles. The van der Waals surface area contributed by atoms with Crippen molar-refractivity contribution in [2.75, 3.05) is 6.54 Å². The third kappa shape index (κ3) is 4.06. The molecule has 0 bridgehead atoms. The normalized spacial score (nSPS) is 18.7. The molecule has 1 fully saturated rings. The van der Waals surface area contributed by atoms with Gasteiger partial charge in [0.15, 0.2) is 0 Å². The van der Waals surface area contributed by atoms with Gasteiger partial charge in [-0.3, -0.25) is 0 Å². The van der Waals surface area contributed by atoms with Gasteiger partial charge in [0.05, 0.1) is 5.01 Å². The number of aromatic nitrogens is 1. The van der Waals surface area contributed by atoms with E-state index in [2.05, 4.69) is 36.5 Å². The summed E-state index contributed by atoms with van der Waals surface area (Å²) in [7, 11) is 0. The highest BCUT2D eigenvalue weighted by Crippen LogP contribution is 2.33. The molecule has 2 rings (SSSR count). The third-order valence-electron chi connectivity index (χ3n) is 3.96. The average Bonchev–Trinajstić information content (AvgIpc) is 2.95. The van der Waals surface area contributed by atoms with Crippen LogP contribution in [0.5, 0.6) is 0 Å². The molecular weight excluding hydrogens is 240 g/mol. The van der Waals surface area contributed by atoms with Gasteiger partial charge >= 0.3 is 0 Å². The van der Waals surface area contributed by atoms with Gasteiger partial charge in [-0.05, 0) is 25.3 Å². The first-order valence-corrected chi connectivity index (χ1v) is 8.17. The van der Waals surface area contributed by atoms with Crippen LogP contribution >= 0.6 is 11.3 Å². The van der Waals surface area contributed by atoms with Crippen LogP contribution in [0.4, 0.5) is 0 Å². The summed E-state index contributed by atoms with van der Waals surface area (Å²) in [6.45, 7) is 7.72. The van der Waals surface area contributed by atoms with Gasteiger partial charge in [-0.1, -0.05) is 39.5 Å². The molecule has 1 unspecified atom stereocenters. The lowest BCUT2D eigenvalue weighted by Gasteiger charge is -2.24. The van der Waals surface area contributed by atoms with Crippen LogP contribution in [0.1, 0.15) is 50.2 Å². The number of rotatable bonds is 6. The van der Waals surface area contributed by atoms with E-state index in [1.165, 1.54) is 42.8 Å². The Hall–Kier alpha value is -0.410. The predicted molar refractivity (Wildman–Crippen MR) is 79.1 cm³/mol. The first kappa shape index (κ1) is 14.0. The summed E-state index contributed by atoms with van der Waals surface area (Å²) < 4.78 is 0. The Morgan fingerprint density at radius 1 is 1.39 bits per heavy atom. The molecule has 0 aromatic carbocycles. The summed E-state index contributed by atoms with van der Waals surface area (Å²) in [6.07, 6.45) is 6.88. The van der Waals surface area contributed by atoms with E-state index in [9.17, 15) is 0 Å². The van der Waals surface area contributed by atoms with Crippen molar-refractivity contribution in [1.82, 2.24) is 10.3 Å². The largest absolute Gasteiger partial charge is 0.314 e. The van der Waals surface area contributed by atoms with Crippen molar-refractivity contribution in [2.24, 2.45) is 11.8 Å². The van der Waals surface area contributed by atoms with Crippen molar-refractivity contribution in [1.29, 1.82) is 0 Å². The molecule has 102 valence electrons. The van der Waals surface area contributed by atoms with Crippen molar-refractivity contribution in [3.05, 3.63) is 16.1 Å². The zero-order valence-corrected chi connectivity index (χ0v) is 12.7. The average molecular weight is 266 g/mol. The topological polar surface area (TPSA) is 24.9 Å². The van der Waals surface area contributed by atoms with Gasteiger partial charge in [0.1, 0.15) is 0 Å². The summed E-state index contributed by atoms with van der Waals surface area (Å²) in [4.78, 5) is 4.64. The molecule has 3 heteroatoms. The fourth-order valence-corrected chi connectivity index (χ4v) is 3.81. The van der Waals surface area contributed by atoms with Crippen LogP contribution in [0.15, 0.2) is 5.38 Å². The number of nitrogens with zero attached hydrogens (tertiary/aromatic N) is 1. The van der Waals surface area contributed by atoms with Crippen LogP contribution in [-0.2, 0) is 6.42 Å². The van der Waals surface area contributed by atoms with E-state index in [4.69, 9.17) is 0 Å². The van der Waals surface area contributed by atoms with Crippen molar-refractivity contribution in [2.45, 2.75) is 58.9 Å². The van der Waals surface area contributed by atoms with E-state index in [0.29, 0.717) is 6.04 Å². The summed E-state index contributed by atoms with van der Waals surface area (Å²) in [6, 6.07) is 0.590. The third-order valence-corrected chi connectivity index (χ3v) is 4.95. The van der Waals surface area contributed by atoms with Crippen LogP contribution < -0.4 is 5.32 Å². The molecule has 1 N–H and O–H groups in total. The number of nitrogens with one attached hydrogen (secondary N) is 1. The monoisotopic (exact) mass is 266 g/mol. The van der Waals surface area contributed by atoms with E-state index in [0.717, 1.165) is 18.4 Å². The lowest BCUT2D eigenvalue weighted by atomic mass is 9.88. The Bertz CT molecular complexity index is 353. The smallest absolute Gasteiger partial charge is 0.0931 e. The summed E-state index contributed by atoms with van der Waals surface area (Å²) in [5, 5.41) is 7.13. The Morgan fingerprint density at radius 3 is 2.67 bits per heavy atom. The molecule has 18 heavy (non-hydrogen) atoms. The second-order valence-corrected chi connectivity index (χ2v) is 6.90. The predicted octanol–water partition coefficient (Wildman–Crippen LogP) is 3.80. The second-order valence-electron chi connectivity index (χ2n) is 5.95. The SMILES string of the molecule is Cc1csc(CC(CNC(C)C)C2CCCC2)n1. The van der Waals surface area contributed by atoms with E-state index in [1.54, 1.807) is 0 Å². The number of hydrogen-bond acceptors (Lipinski definition) is 3. The van der Waals surface area contributed by atoms with Gasteiger partial charge in [0, 0.05) is 23.5 Å². The molecule has 0 spiro atoms. The van der Waals surface area contributed by atoms with E-state index in [1.807, 2.05) is 11.3 Å². The van der Waals surface area contributed by atoms with Crippen LogP contribution in [0, 0.1) is 18.8 Å². The highest BCUT2D eigenvalue weighted by Gasteiger charge is 2.25. The highest BCUT2D eigenvalue weighted by atomic mass is 32.1. The zero-order valence-electron chi connectivity index (χ0n) is 11.9. The van der Waals surface area contributed by atoms with Crippen LogP contribution in [0.3, 0.4) is 0 Å². The fourth-order valence-electron chi connectivity index (χ4n) is 2.94. The lowest BCUT2D eigenvalue weighted by Crippen LogP contribution is -2.33. The van der Waals surface area contributed by atoms with E-state index < -0.39 is 0 Å². The molecule has 1 aliphatic rings. The second kappa shape index (κ2) is 6.67. The van der Waals surface area contributed by atoms with Gasteiger partial charge in [-0.2, -0.15) is 0 Å². The van der Waals surface area contributed by atoms with Gasteiger partial charge in [0.2, 0.25) is 0 Å². The molecule has 0 aliphatic heterocycles. The highest BCUT2D eigenvalue weighted by molar-refractivity contribution is 7.09. The Morgan fingerprint density at radius 2 is 2.11 bits per heavy atom. The first-order chi connectivity index (χ1) is 8.65. The molecule has 1 heterocycles. The maximum Gasteiger partial charge on any atom is 0.0931 e. The minimum Gasteiger partial charge on any atom is -0.314 e. The molecule has 0 radical (unpaired) electrons. The van der Waals surface area contributed by atoms with Crippen LogP contribution in [0.2, 0.25) is 0 Å². The maximum absolute atomic E-state index is 4.64. The Balaban J connectivity index is 1.94. The lowest BCUT2D eigenvalue weighted by molar-refractivity contribution is 0.312. The summed E-state index contributed by atoms with van der Waals surface area (Å²) in [5.41, 5.74) is 1.18. The molecule has 1 aliphatic carbocycles. The fraction of sp³-hybridized carbons (Fsp3) is 0.800. The van der Waals surface area contributed by atoms with Crippen molar-refractivity contribution >= 4 is 11.3 Å². The molecular formula is C15H26N2S. The number of thiazole rings is 1.